The van der Waals surface area contributed by atoms with Gasteiger partial charge in [-0.3, -0.25) is 14.2 Å². The topological polar surface area (TPSA) is 94.8 Å². The lowest BCUT2D eigenvalue weighted by atomic mass is 10.2. The number of carbonyl (C=O) groups is 1. The van der Waals surface area contributed by atoms with Crippen molar-refractivity contribution in [3.63, 3.8) is 0 Å². The van der Waals surface area contributed by atoms with Gasteiger partial charge >= 0.3 is 0 Å². The van der Waals surface area contributed by atoms with E-state index >= 15 is 0 Å². The number of fused-ring (bicyclic) bond motifs is 3. The highest BCUT2D eigenvalue weighted by Crippen LogP contribution is 2.36. The van der Waals surface area contributed by atoms with Gasteiger partial charge in [-0.05, 0) is 92.3 Å². The monoisotopic (exact) mass is 562 g/mol. The smallest absolute Gasteiger partial charge is 0.267 e. The molecule has 0 saturated carbocycles. The van der Waals surface area contributed by atoms with E-state index in [1.165, 1.54) is 16.6 Å². The Bertz CT molecular complexity index is 1540. The molecular formula is C29H30N4O4S2. The van der Waals surface area contributed by atoms with Crippen LogP contribution in [0.25, 0.3) is 15.9 Å². The Morgan fingerprint density at radius 2 is 1.85 bits per heavy atom. The fourth-order valence-corrected chi connectivity index (χ4v) is 6.53. The van der Waals surface area contributed by atoms with Gasteiger partial charge in [-0.1, -0.05) is 18.7 Å². The van der Waals surface area contributed by atoms with Gasteiger partial charge in [0.1, 0.15) is 16.3 Å². The molecule has 0 aliphatic heterocycles. The maximum atomic E-state index is 13.8. The molecule has 0 bridgehead atoms. The van der Waals surface area contributed by atoms with Crippen molar-refractivity contribution in [2.45, 2.75) is 44.7 Å². The molecule has 0 fully saturated rings. The highest BCUT2D eigenvalue weighted by molar-refractivity contribution is 7.99. The van der Waals surface area contributed by atoms with Crippen LogP contribution in [0.1, 0.15) is 42.7 Å². The molecule has 8 nitrogen and oxygen atoms in total. The van der Waals surface area contributed by atoms with Gasteiger partial charge in [0.2, 0.25) is 0 Å². The van der Waals surface area contributed by atoms with Crippen LogP contribution in [0, 0.1) is 0 Å². The number of hydrogen-bond donors (Lipinski definition) is 1. The Morgan fingerprint density at radius 3 is 2.59 bits per heavy atom. The van der Waals surface area contributed by atoms with Crippen molar-refractivity contribution in [3.8, 4) is 17.2 Å². The van der Waals surface area contributed by atoms with Gasteiger partial charge in [-0.2, -0.15) is 5.10 Å². The minimum atomic E-state index is -0.291. The van der Waals surface area contributed by atoms with Crippen molar-refractivity contribution >= 4 is 45.4 Å². The Morgan fingerprint density at radius 1 is 1.10 bits per heavy atom. The van der Waals surface area contributed by atoms with Crippen LogP contribution in [0.3, 0.4) is 0 Å². The first-order valence-electron chi connectivity index (χ1n) is 13.1. The number of aromatic nitrogens is 2. The SMILES string of the molecule is CCCOc1ccc(C=NNC(=O)CSc2nc3sc4c(c3c(=O)n2-c2ccc(OCC)cc2)CCC4)cc1. The second-order valence-electron chi connectivity index (χ2n) is 9.00. The fraction of sp³-hybridized carbons (Fsp3) is 0.310. The van der Waals surface area contributed by atoms with E-state index < -0.39 is 0 Å². The minimum absolute atomic E-state index is 0.0567. The molecule has 2 aromatic heterocycles. The molecular weight excluding hydrogens is 532 g/mol. The van der Waals surface area contributed by atoms with Crippen molar-refractivity contribution in [2.75, 3.05) is 19.0 Å². The van der Waals surface area contributed by atoms with E-state index in [4.69, 9.17) is 14.5 Å². The van der Waals surface area contributed by atoms with E-state index in [0.29, 0.717) is 29.4 Å². The van der Waals surface area contributed by atoms with E-state index in [1.54, 1.807) is 22.1 Å². The van der Waals surface area contributed by atoms with Crippen molar-refractivity contribution in [2.24, 2.45) is 5.10 Å². The molecule has 2 heterocycles. The van der Waals surface area contributed by atoms with Crippen molar-refractivity contribution < 1.29 is 14.3 Å². The van der Waals surface area contributed by atoms with Gasteiger partial charge in [-0.15, -0.1) is 11.3 Å². The first kappa shape index (κ1) is 27.0. The summed E-state index contributed by atoms with van der Waals surface area (Å²) in [5.74, 6) is 1.30. The molecule has 0 unspecified atom stereocenters. The highest BCUT2D eigenvalue weighted by atomic mass is 32.2. The third kappa shape index (κ3) is 6.17. The number of aryl methyl sites for hydroxylation is 2. The largest absolute Gasteiger partial charge is 0.494 e. The van der Waals surface area contributed by atoms with Crippen LogP contribution in [-0.4, -0.2) is 40.6 Å². The Labute approximate surface area is 235 Å². The molecule has 0 saturated heterocycles. The number of ether oxygens (including phenoxy) is 2. The van der Waals surface area contributed by atoms with Gasteiger partial charge in [0.15, 0.2) is 5.16 Å². The van der Waals surface area contributed by atoms with Crippen LogP contribution in [0.2, 0.25) is 0 Å². The number of amides is 1. The maximum absolute atomic E-state index is 13.8. The lowest BCUT2D eigenvalue weighted by molar-refractivity contribution is -0.118. The minimum Gasteiger partial charge on any atom is -0.494 e. The Hall–Kier alpha value is -3.63. The zero-order chi connectivity index (χ0) is 27.2. The zero-order valence-electron chi connectivity index (χ0n) is 21.9. The van der Waals surface area contributed by atoms with Gasteiger partial charge in [0, 0.05) is 4.88 Å². The Kier molecular flexibility index (Phi) is 8.63. The van der Waals surface area contributed by atoms with Crippen molar-refractivity contribution in [1.29, 1.82) is 0 Å². The van der Waals surface area contributed by atoms with Crippen LogP contribution >= 0.6 is 23.1 Å². The summed E-state index contributed by atoms with van der Waals surface area (Å²) in [6.07, 6.45) is 5.47. The summed E-state index contributed by atoms with van der Waals surface area (Å²) in [4.78, 5) is 33.2. The number of nitrogens with one attached hydrogen (secondary N) is 1. The lowest BCUT2D eigenvalue weighted by Crippen LogP contribution is -2.24. The number of hydrazone groups is 1. The normalized spacial score (nSPS) is 12.7. The zero-order valence-corrected chi connectivity index (χ0v) is 23.6. The maximum Gasteiger partial charge on any atom is 0.267 e. The molecule has 1 amide bonds. The molecule has 2 aromatic carbocycles. The lowest BCUT2D eigenvalue weighted by Gasteiger charge is -2.13. The van der Waals surface area contributed by atoms with Gasteiger partial charge < -0.3 is 9.47 Å². The second kappa shape index (κ2) is 12.5. The highest BCUT2D eigenvalue weighted by Gasteiger charge is 2.24. The first-order valence-corrected chi connectivity index (χ1v) is 14.9. The third-order valence-corrected chi connectivity index (χ3v) is 8.33. The quantitative estimate of drug-likeness (QED) is 0.114. The molecule has 0 radical (unpaired) electrons. The molecule has 202 valence electrons. The summed E-state index contributed by atoms with van der Waals surface area (Å²) in [7, 11) is 0. The van der Waals surface area contributed by atoms with Crippen LogP contribution in [-0.2, 0) is 17.6 Å². The first-order chi connectivity index (χ1) is 19.1. The van der Waals surface area contributed by atoms with E-state index in [-0.39, 0.29) is 17.2 Å². The van der Waals surface area contributed by atoms with E-state index in [2.05, 4.69) is 17.5 Å². The molecule has 5 rings (SSSR count). The number of thioether (sulfide) groups is 1. The van der Waals surface area contributed by atoms with Crippen LogP contribution in [0.15, 0.2) is 63.6 Å². The molecule has 1 N–H and O–H groups in total. The van der Waals surface area contributed by atoms with E-state index in [9.17, 15) is 9.59 Å². The number of thiophene rings is 1. The predicted molar refractivity (Wildman–Crippen MR) is 157 cm³/mol. The van der Waals surface area contributed by atoms with Gasteiger partial charge in [0.25, 0.3) is 11.5 Å². The van der Waals surface area contributed by atoms with E-state index in [1.807, 2.05) is 55.5 Å². The summed E-state index contributed by atoms with van der Waals surface area (Å²) in [6, 6.07) is 14.9. The number of hydrogen-bond acceptors (Lipinski definition) is 8. The molecule has 4 aromatic rings. The second-order valence-corrected chi connectivity index (χ2v) is 11.0. The molecule has 1 aliphatic carbocycles. The van der Waals surface area contributed by atoms with Crippen LogP contribution in [0.4, 0.5) is 0 Å². The summed E-state index contributed by atoms with van der Waals surface area (Å²) in [5.41, 5.74) is 5.11. The fourth-order valence-electron chi connectivity index (χ4n) is 4.42. The molecule has 10 heteroatoms. The summed E-state index contributed by atoms with van der Waals surface area (Å²) in [6.45, 7) is 5.22. The average molecular weight is 563 g/mol. The van der Waals surface area contributed by atoms with Crippen LogP contribution in [0.5, 0.6) is 11.5 Å². The standard InChI is InChI=1S/C29H30N4O4S2/c1-3-16-37-22-12-8-19(9-13-22)17-30-32-25(34)18-38-29-31-27-26(23-6-5-7-24(23)39-27)28(35)33(29)20-10-14-21(15-11-20)36-4-2/h8-15,17H,3-7,16,18H2,1-2H3,(H,32,34). The molecule has 0 spiro atoms. The molecule has 39 heavy (non-hydrogen) atoms. The summed E-state index contributed by atoms with van der Waals surface area (Å²) in [5, 5.41) is 5.25. The average Bonchev–Trinajstić information content (AvgIpc) is 3.54. The number of benzene rings is 2. The van der Waals surface area contributed by atoms with E-state index in [0.717, 1.165) is 53.1 Å². The van der Waals surface area contributed by atoms with Crippen molar-refractivity contribution in [3.05, 3.63) is 74.9 Å². The molecule has 1 aliphatic rings. The van der Waals surface area contributed by atoms with Crippen molar-refractivity contribution in [1.82, 2.24) is 15.0 Å². The number of nitrogens with zero attached hydrogens (tertiary/aromatic N) is 3. The summed E-state index contributed by atoms with van der Waals surface area (Å²) >= 11 is 2.80. The van der Waals surface area contributed by atoms with Gasteiger partial charge in [0.05, 0.1) is 36.3 Å². The number of carbonyl (C=O) groups excluding carboxylic acids is 1. The Balaban J connectivity index is 1.33. The van der Waals surface area contributed by atoms with Crippen LogP contribution < -0.4 is 20.5 Å². The number of rotatable bonds is 11. The van der Waals surface area contributed by atoms with Gasteiger partial charge in [-0.25, -0.2) is 10.4 Å². The third-order valence-electron chi connectivity index (χ3n) is 6.20. The molecule has 0 atom stereocenters. The summed E-state index contributed by atoms with van der Waals surface area (Å²) < 4.78 is 12.8. The predicted octanol–water partition coefficient (Wildman–Crippen LogP) is 5.37.